The van der Waals surface area contributed by atoms with Crippen molar-refractivity contribution in [2.45, 2.75) is 59.0 Å². The highest BCUT2D eigenvalue weighted by atomic mass is 16.5. The van der Waals surface area contributed by atoms with Gasteiger partial charge in [0.2, 0.25) is 0 Å². The molecule has 0 aliphatic carbocycles. The summed E-state index contributed by atoms with van der Waals surface area (Å²) in [7, 11) is 0. The summed E-state index contributed by atoms with van der Waals surface area (Å²) in [6, 6.07) is 12.6. The van der Waals surface area contributed by atoms with E-state index in [1.54, 1.807) is 12.3 Å². The summed E-state index contributed by atoms with van der Waals surface area (Å²) in [6.45, 7) is 3.94. The van der Waals surface area contributed by atoms with E-state index in [-0.39, 0.29) is 30.8 Å². The van der Waals surface area contributed by atoms with Gasteiger partial charge in [0, 0.05) is 24.2 Å². The van der Waals surface area contributed by atoms with E-state index in [0.29, 0.717) is 16.9 Å². The molecule has 0 radical (unpaired) electrons. The maximum atomic E-state index is 12.4. The van der Waals surface area contributed by atoms with Crippen LogP contribution in [-0.4, -0.2) is 21.1 Å². The first kappa shape index (κ1) is 22.4. The molecule has 6 nitrogen and oxygen atoms in total. The number of hydrogen-bond donors (Lipinski definition) is 0. The van der Waals surface area contributed by atoms with Crippen molar-refractivity contribution < 1.29 is 14.3 Å². The Morgan fingerprint density at radius 2 is 1.84 bits per heavy atom. The van der Waals surface area contributed by atoms with E-state index >= 15 is 0 Å². The summed E-state index contributed by atoms with van der Waals surface area (Å²) in [5, 5.41) is 0. The number of ketones is 1. The number of fused-ring (bicyclic) bond motifs is 1. The molecular weight excluding hydrogens is 392 g/mol. The first-order chi connectivity index (χ1) is 15.0. The molecule has 0 amide bonds. The third kappa shape index (κ3) is 6.10. The molecule has 2 aromatic heterocycles. The molecular formula is C25H28N2O4. The summed E-state index contributed by atoms with van der Waals surface area (Å²) in [6.07, 6.45) is 6.26. The third-order valence-corrected chi connectivity index (χ3v) is 5.22. The number of aromatic nitrogens is 2. The number of carbonyl (C=O) groups excluding carboxylic acids is 2. The number of rotatable bonds is 10. The van der Waals surface area contributed by atoms with Gasteiger partial charge in [-0.2, -0.15) is 0 Å². The molecule has 0 fully saturated rings. The number of carbonyl (C=O) groups is 2. The van der Waals surface area contributed by atoms with Crippen molar-refractivity contribution in [2.75, 3.05) is 0 Å². The quantitative estimate of drug-likeness (QED) is 0.275. The summed E-state index contributed by atoms with van der Waals surface area (Å²) < 4.78 is 6.68. The molecule has 0 aliphatic heterocycles. The van der Waals surface area contributed by atoms with Gasteiger partial charge in [0.15, 0.2) is 5.78 Å². The minimum absolute atomic E-state index is 0.0112. The van der Waals surface area contributed by atoms with Gasteiger partial charge in [0.25, 0.3) is 5.56 Å². The number of unbranched alkanes of at least 4 members (excludes halogenated alkanes) is 2. The number of nitrogens with zero attached hydrogens (tertiary/aromatic N) is 2. The van der Waals surface area contributed by atoms with Crippen LogP contribution in [0.1, 0.15) is 66.2 Å². The Morgan fingerprint density at radius 3 is 2.58 bits per heavy atom. The molecule has 0 unspecified atom stereocenters. The lowest BCUT2D eigenvalue weighted by Crippen LogP contribution is -2.17. The molecule has 31 heavy (non-hydrogen) atoms. The zero-order chi connectivity index (χ0) is 22.2. The molecule has 3 aromatic rings. The van der Waals surface area contributed by atoms with E-state index < -0.39 is 5.97 Å². The second-order valence-corrected chi connectivity index (χ2v) is 7.71. The number of aryl methyl sites for hydroxylation is 2. The molecule has 0 saturated carbocycles. The second kappa shape index (κ2) is 10.7. The van der Waals surface area contributed by atoms with Crippen molar-refractivity contribution in [1.29, 1.82) is 0 Å². The van der Waals surface area contributed by atoms with Gasteiger partial charge in [-0.25, -0.2) is 4.98 Å². The minimum Gasteiger partial charge on any atom is -0.459 e. The molecule has 162 valence electrons. The van der Waals surface area contributed by atoms with Gasteiger partial charge in [-0.05, 0) is 37.0 Å². The monoisotopic (exact) mass is 420 g/mol. The lowest BCUT2D eigenvalue weighted by molar-refractivity contribution is -0.145. The number of Topliss-reactive ketones (excluding diaryl/α,β-unsaturated/α-hetero) is 1. The van der Waals surface area contributed by atoms with Crippen molar-refractivity contribution in [1.82, 2.24) is 9.38 Å². The molecule has 2 heterocycles. The van der Waals surface area contributed by atoms with Crippen LogP contribution in [0, 0.1) is 6.92 Å². The molecule has 0 bridgehead atoms. The zero-order valence-corrected chi connectivity index (χ0v) is 18.1. The summed E-state index contributed by atoms with van der Waals surface area (Å²) in [5.74, 6) is -0.578. The van der Waals surface area contributed by atoms with Crippen molar-refractivity contribution >= 4 is 17.4 Å². The summed E-state index contributed by atoms with van der Waals surface area (Å²) >= 11 is 0. The lowest BCUT2D eigenvalue weighted by atomic mass is 10.0. The van der Waals surface area contributed by atoms with Crippen molar-refractivity contribution in [2.24, 2.45) is 0 Å². The van der Waals surface area contributed by atoms with E-state index in [4.69, 9.17) is 4.74 Å². The Kier molecular flexibility index (Phi) is 7.70. The van der Waals surface area contributed by atoms with Gasteiger partial charge < -0.3 is 4.74 Å². The average Bonchev–Trinajstić information content (AvgIpc) is 2.77. The SMILES string of the molecule is CCCCCc1ccc(C(=O)CCC(=O)OCc2cc(=O)n3cccc(C)c3n2)cc1. The first-order valence-electron chi connectivity index (χ1n) is 10.7. The van der Waals surface area contributed by atoms with Crippen LogP contribution in [0.3, 0.4) is 0 Å². The lowest BCUT2D eigenvalue weighted by Gasteiger charge is -2.07. The highest BCUT2D eigenvalue weighted by Crippen LogP contribution is 2.12. The molecule has 0 spiro atoms. The smallest absolute Gasteiger partial charge is 0.306 e. The Balaban J connectivity index is 1.50. The van der Waals surface area contributed by atoms with E-state index in [0.717, 1.165) is 18.4 Å². The van der Waals surface area contributed by atoms with Crippen molar-refractivity contribution in [3.63, 3.8) is 0 Å². The number of benzene rings is 1. The fourth-order valence-electron chi connectivity index (χ4n) is 3.41. The molecule has 0 atom stereocenters. The Bertz CT molecular complexity index is 1120. The average molecular weight is 421 g/mol. The van der Waals surface area contributed by atoms with Gasteiger partial charge >= 0.3 is 5.97 Å². The van der Waals surface area contributed by atoms with Crippen LogP contribution in [0.25, 0.3) is 5.65 Å². The number of pyridine rings is 1. The minimum atomic E-state index is -0.490. The second-order valence-electron chi connectivity index (χ2n) is 7.71. The number of ether oxygens (including phenoxy) is 1. The van der Waals surface area contributed by atoms with Gasteiger partial charge in [0.1, 0.15) is 12.3 Å². The zero-order valence-electron chi connectivity index (χ0n) is 18.1. The van der Waals surface area contributed by atoms with E-state index in [9.17, 15) is 14.4 Å². The van der Waals surface area contributed by atoms with Crippen molar-refractivity contribution in [3.8, 4) is 0 Å². The fourth-order valence-corrected chi connectivity index (χ4v) is 3.41. The molecule has 1 aromatic carbocycles. The Morgan fingerprint density at radius 1 is 1.06 bits per heavy atom. The van der Waals surface area contributed by atoms with E-state index in [1.807, 2.05) is 37.3 Å². The van der Waals surface area contributed by atoms with Crippen LogP contribution >= 0.6 is 0 Å². The van der Waals surface area contributed by atoms with Gasteiger partial charge in [0.05, 0.1) is 12.1 Å². The third-order valence-electron chi connectivity index (χ3n) is 5.22. The first-order valence-corrected chi connectivity index (χ1v) is 10.7. The fraction of sp³-hybridized carbons (Fsp3) is 0.360. The van der Waals surface area contributed by atoms with E-state index in [2.05, 4.69) is 11.9 Å². The topological polar surface area (TPSA) is 77.7 Å². The van der Waals surface area contributed by atoms with Crippen molar-refractivity contribution in [3.05, 3.63) is 81.4 Å². The van der Waals surface area contributed by atoms with Crippen LogP contribution < -0.4 is 5.56 Å². The van der Waals surface area contributed by atoms with E-state index in [1.165, 1.54) is 28.9 Å². The highest BCUT2D eigenvalue weighted by molar-refractivity contribution is 5.97. The molecule has 0 saturated heterocycles. The number of esters is 1. The molecule has 6 heteroatoms. The van der Waals surface area contributed by atoms with Gasteiger partial charge in [-0.15, -0.1) is 0 Å². The Labute approximate surface area is 181 Å². The van der Waals surface area contributed by atoms with Crippen LogP contribution in [0.5, 0.6) is 0 Å². The Hall–Kier alpha value is -3.28. The predicted octanol–water partition coefficient (Wildman–Crippen LogP) is 4.44. The molecule has 0 aliphatic rings. The maximum Gasteiger partial charge on any atom is 0.306 e. The van der Waals surface area contributed by atoms with Crippen LogP contribution in [0.2, 0.25) is 0 Å². The summed E-state index contributed by atoms with van der Waals surface area (Å²) in [5.41, 5.74) is 3.38. The van der Waals surface area contributed by atoms with Gasteiger partial charge in [-0.1, -0.05) is 50.1 Å². The largest absolute Gasteiger partial charge is 0.459 e. The standard InChI is InChI=1S/C25H28N2O4/c1-3-4-5-8-19-9-11-20(12-10-19)22(28)13-14-24(30)31-17-21-16-23(29)27-15-6-7-18(2)25(27)26-21/h6-7,9-12,15-16H,3-5,8,13-14,17H2,1-2H3. The van der Waals surface area contributed by atoms with Gasteiger partial charge in [-0.3, -0.25) is 18.8 Å². The normalized spacial score (nSPS) is 10.9. The molecule has 0 N–H and O–H groups in total. The van der Waals surface area contributed by atoms with Crippen LogP contribution in [-0.2, 0) is 22.6 Å². The van der Waals surface area contributed by atoms with Crippen LogP contribution in [0.4, 0.5) is 0 Å². The summed E-state index contributed by atoms with van der Waals surface area (Å²) in [4.78, 5) is 41.0. The number of hydrogen-bond acceptors (Lipinski definition) is 5. The maximum absolute atomic E-state index is 12.4. The predicted molar refractivity (Wildman–Crippen MR) is 119 cm³/mol. The highest BCUT2D eigenvalue weighted by Gasteiger charge is 2.12. The molecule has 3 rings (SSSR count). The van der Waals surface area contributed by atoms with Crippen LogP contribution in [0.15, 0.2) is 53.5 Å².